The third kappa shape index (κ3) is 5.73. The molecule has 0 fully saturated rings. The number of nitrogens with one attached hydrogen (secondary N) is 1. The lowest BCUT2D eigenvalue weighted by Gasteiger charge is -2.17. The molecule has 0 aliphatic carbocycles. The summed E-state index contributed by atoms with van der Waals surface area (Å²) in [6.45, 7) is 5.06. The third-order valence-electron chi connectivity index (χ3n) is 4.27. The van der Waals surface area contributed by atoms with Crippen molar-refractivity contribution in [2.45, 2.75) is 32.7 Å². The van der Waals surface area contributed by atoms with Crippen molar-refractivity contribution in [3.8, 4) is 5.75 Å². The molecule has 0 bridgehead atoms. The first-order valence-corrected chi connectivity index (χ1v) is 10.0. The second-order valence-corrected chi connectivity index (χ2v) is 7.35. The summed E-state index contributed by atoms with van der Waals surface area (Å²) in [6, 6.07) is 10.8. The Morgan fingerprint density at radius 2 is 1.79 bits per heavy atom. The number of ether oxygens (including phenoxy) is 2. The lowest BCUT2D eigenvalue weighted by atomic mass is 9.99. The first-order valence-electron chi connectivity index (χ1n) is 9.03. The van der Waals surface area contributed by atoms with E-state index in [4.69, 9.17) is 9.47 Å². The van der Waals surface area contributed by atoms with Gasteiger partial charge in [0, 0.05) is 12.7 Å². The summed E-state index contributed by atoms with van der Waals surface area (Å²) in [4.78, 5) is 35.9. The number of hydrogen-bond donors (Lipinski definition) is 1. The van der Waals surface area contributed by atoms with Crippen LogP contribution in [0.1, 0.15) is 32.3 Å². The number of hydrogen-bond acceptors (Lipinski definition) is 6. The van der Waals surface area contributed by atoms with Crippen LogP contribution < -0.4 is 10.1 Å². The van der Waals surface area contributed by atoms with Gasteiger partial charge < -0.3 is 14.8 Å². The topological polar surface area (TPSA) is 81.7 Å². The molecule has 0 radical (unpaired) electrons. The van der Waals surface area contributed by atoms with Crippen LogP contribution in [0.15, 0.2) is 36.4 Å². The van der Waals surface area contributed by atoms with E-state index in [2.05, 4.69) is 5.32 Å². The molecule has 1 amide bonds. The van der Waals surface area contributed by atoms with Crippen LogP contribution in [-0.2, 0) is 19.1 Å². The fraction of sp³-hybridized carbons (Fsp3) is 0.381. The summed E-state index contributed by atoms with van der Waals surface area (Å²) in [6.07, 6.45) is 0. The van der Waals surface area contributed by atoms with Crippen molar-refractivity contribution >= 4 is 39.5 Å². The average Bonchev–Trinajstić information content (AvgIpc) is 2.69. The number of esters is 1. The van der Waals surface area contributed by atoms with Gasteiger partial charge in [0.05, 0.1) is 19.6 Å². The second-order valence-electron chi connectivity index (χ2n) is 6.33. The molecule has 0 heterocycles. The van der Waals surface area contributed by atoms with Crippen LogP contribution in [0.2, 0.25) is 0 Å². The molecule has 0 aliphatic heterocycles. The predicted molar refractivity (Wildman–Crippen MR) is 111 cm³/mol. The van der Waals surface area contributed by atoms with Gasteiger partial charge >= 0.3 is 5.97 Å². The molecule has 6 nitrogen and oxygen atoms in total. The quantitative estimate of drug-likeness (QED) is 0.681. The predicted octanol–water partition coefficient (Wildman–Crippen LogP) is 3.28. The number of methoxy groups -OCH3 is 1. The molecule has 1 N–H and O–H groups in total. The Hall–Kier alpha value is -2.54. The van der Waals surface area contributed by atoms with E-state index in [1.165, 1.54) is 6.92 Å². The highest BCUT2D eigenvalue weighted by Crippen LogP contribution is 2.28. The van der Waals surface area contributed by atoms with Crippen LogP contribution in [-0.4, -0.2) is 42.5 Å². The largest absolute Gasteiger partial charge is 0.497 e. The van der Waals surface area contributed by atoms with Crippen LogP contribution in [0.25, 0.3) is 10.8 Å². The molecule has 0 aromatic heterocycles. The van der Waals surface area contributed by atoms with Gasteiger partial charge in [0.2, 0.25) is 5.91 Å². The van der Waals surface area contributed by atoms with Gasteiger partial charge in [-0.05, 0) is 35.4 Å². The first-order chi connectivity index (χ1) is 13.3. The van der Waals surface area contributed by atoms with Gasteiger partial charge in [-0.2, -0.15) is 0 Å². The van der Waals surface area contributed by atoms with Crippen molar-refractivity contribution in [2.24, 2.45) is 0 Å². The Morgan fingerprint density at radius 3 is 2.43 bits per heavy atom. The van der Waals surface area contributed by atoms with E-state index in [-0.39, 0.29) is 29.3 Å². The molecule has 0 aliphatic rings. The minimum absolute atomic E-state index is 0.0764. The smallest absolute Gasteiger partial charge is 0.329 e. The van der Waals surface area contributed by atoms with Crippen molar-refractivity contribution in [1.82, 2.24) is 5.32 Å². The van der Waals surface area contributed by atoms with Crippen molar-refractivity contribution in [2.75, 3.05) is 19.5 Å². The Morgan fingerprint density at radius 1 is 1.11 bits per heavy atom. The summed E-state index contributed by atoms with van der Waals surface area (Å²) < 4.78 is 10.2. The van der Waals surface area contributed by atoms with Gasteiger partial charge in [-0.3, -0.25) is 9.59 Å². The van der Waals surface area contributed by atoms with Gasteiger partial charge in [0.1, 0.15) is 11.8 Å². The zero-order valence-electron chi connectivity index (χ0n) is 16.5. The van der Waals surface area contributed by atoms with E-state index in [1.54, 1.807) is 14.0 Å². The zero-order chi connectivity index (χ0) is 20.7. The van der Waals surface area contributed by atoms with E-state index in [0.29, 0.717) is 0 Å². The fourth-order valence-electron chi connectivity index (χ4n) is 2.72. The summed E-state index contributed by atoms with van der Waals surface area (Å²) in [5, 5.41) is 4.51. The van der Waals surface area contributed by atoms with Crippen LogP contribution in [0.5, 0.6) is 5.75 Å². The summed E-state index contributed by atoms with van der Waals surface area (Å²) in [5.41, 5.74) is 0.891. The molecule has 0 spiro atoms. The van der Waals surface area contributed by atoms with E-state index in [0.717, 1.165) is 33.8 Å². The second kappa shape index (κ2) is 10.1. The molecule has 0 saturated carbocycles. The van der Waals surface area contributed by atoms with Gasteiger partial charge in [0.15, 0.2) is 5.12 Å². The Kier molecular flexibility index (Phi) is 7.87. The Labute approximate surface area is 169 Å². The lowest BCUT2D eigenvalue weighted by molar-refractivity contribution is -0.146. The van der Waals surface area contributed by atoms with Crippen LogP contribution in [0, 0.1) is 0 Å². The number of fused-ring (bicyclic) bond motifs is 1. The van der Waals surface area contributed by atoms with Crippen molar-refractivity contribution < 1.29 is 23.9 Å². The molecule has 150 valence electrons. The van der Waals surface area contributed by atoms with Crippen LogP contribution >= 0.6 is 11.8 Å². The molecule has 7 heteroatoms. The van der Waals surface area contributed by atoms with Crippen molar-refractivity contribution in [1.29, 1.82) is 0 Å². The summed E-state index contributed by atoms with van der Waals surface area (Å²) >= 11 is 1.02. The first kappa shape index (κ1) is 21.8. The monoisotopic (exact) mass is 403 g/mol. The number of carbonyl (C=O) groups excluding carboxylic acids is 3. The summed E-state index contributed by atoms with van der Waals surface area (Å²) in [5.74, 6) is -0.319. The molecule has 2 rings (SSSR count). The van der Waals surface area contributed by atoms with Gasteiger partial charge in [-0.25, -0.2) is 4.79 Å². The molecular weight excluding hydrogens is 378 g/mol. The minimum atomic E-state index is -0.845. The van der Waals surface area contributed by atoms with Crippen LogP contribution in [0.4, 0.5) is 0 Å². The standard InChI is InChI=1S/C21H25NO5S/c1-5-27-20(24)19(22-14(3)23)12-28-21(25)13(2)15-6-7-17-11-18(26-4)9-8-16(17)10-15/h6-11,13,19H,5,12H2,1-4H3,(H,22,23)/t13-,19+/m0/s1. The SMILES string of the molecule is CCOC(=O)[C@@H](CSC(=O)[C@@H](C)c1ccc2cc(OC)ccc2c1)NC(C)=O. The zero-order valence-corrected chi connectivity index (χ0v) is 17.3. The highest BCUT2D eigenvalue weighted by Gasteiger charge is 2.24. The highest BCUT2D eigenvalue weighted by atomic mass is 32.2. The van der Waals surface area contributed by atoms with E-state index in [1.807, 2.05) is 43.3 Å². The van der Waals surface area contributed by atoms with Gasteiger partial charge in [-0.15, -0.1) is 0 Å². The Bertz CT molecular complexity index is 867. The Balaban J connectivity index is 2.07. The maximum absolute atomic E-state index is 12.6. The number of amides is 1. The third-order valence-corrected chi connectivity index (χ3v) is 5.40. The highest BCUT2D eigenvalue weighted by molar-refractivity contribution is 8.13. The molecular formula is C21H25NO5S. The average molecular weight is 404 g/mol. The number of carbonyl (C=O) groups is 3. The van der Waals surface area contributed by atoms with Crippen molar-refractivity contribution in [3.63, 3.8) is 0 Å². The molecule has 2 aromatic carbocycles. The maximum Gasteiger partial charge on any atom is 0.329 e. The van der Waals surface area contributed by atoms with E-state index < -0.39 is 12.0 Å². The van der Waals surface area contributed by atoms with Gasteiger partial charge in [0.25, 0.3) is 0 Å². The van der Waals surface area contributed by atoms with E-state index in [9.17, 15) is 14.4 Å². The minimum Gasteiger partial charge on any atom is -0.497 e. The molecule has 28 heavy (non-hydrogen) atoms. The number of benzene rings is 2. The fourth-order valence-corrected chi connectivity index (χ4v) is 3.66. The van der Waals surface area contributed by atoms with Gasteiger partial charge in [-0.1, -0.05) is 43.0 Å². The normalized spacial score (nSPS) is 12.9. The summed E-state index contributed by atoms with van der Waals surface area (Å²) in [7, 11) is 1.62. The molecule has 2 aromatic rings. The molecule has 0 saturated heterocycles. The van der Waals surface area contributed by atoms with E-state index >= 15 is 0 Å². The number of rotatable bonds is 8. The number of thioether (sulfide) groups is 1. The lowest BCUT2D eigenvalue weighted by Crippen LogP contribution is -2.43. The molecule has 2 atom stereocenters. The maximum atomic E-state index is 12.6. The molecule has 0 unspecified atom stereocenters. The van der Waals surface area contributed by atoms with Crippen molar-refractivity contribution in [3.05, 3.63) is 42.0 Å². The van der Waals surface area contributed by atoms with Crippen LogP contribution in [0.3, 0.4) is 0 Å².